The molecule has 1 heterocycles. The van der Waals surface area contributed by atoms with Crippen molar-refractivity contribution in [1.29, 1.82) is 0 Å². The molecule has 28 heavy (non-hydrogen) atoms. The third-order valence-corrected chi connectivity index (χ3v) is 5.36. The highest BCUT2D eigenvalue weighted by atomic mass is 16.5. The average Bonchev–Trinajstić information content (AvgIpc) is 2.71. The topological polar surface area (TPSA) is 50.8 Å². The minimum Gasteiger partial charge on any atom is -0.497 e. The van der Waals surface area contributed by atoms with Crippen LogP contribution in [0.1, 0.15) is 30.9 Å². The van der Waals surface area contributed by atoms with E-state index >= 15 is 0 Å². The van der Waals surface area contributed by atoms with E-state index in [1.54, 1.807) is 14.2 Å². The molecule has 1 aliphatic heterocycles. The van der Waals surface area contributed by atoms with Gasteiger partial charge in [-0.3, -0.25) is 9.69 Å². The SMILES string of the molecule is COc1ccc(OC)c(CC(=O)Nc2ccc(CN3CCC(C)CC3)cc2)c1. The number of methoxy groups -OCH3 is 2. The van der Waals surface area contributed by atoms with Crippen molar-refractivity contribution in [3.05, 3.63) is 53.6 Å². The van der Waals surface area contributed by atoms with Crippen molar-refractivity contribution in [2.24, 2.45) is 5.92 Å². The molecule has 0 unspecified atom stereocenters. The average molecular weight is 383 g/mol. The zero-order valence-corrected chi connectivity index (χ0v) is 17.0. The molecule has 2 aromatic carbocycles. The van der Waals surface area contributed by atoms with Gasteiger partial charge in [-0.25, -0.2) is 0 Å². The van der Waals surface area contributed by atoms with E-state index in [0.29, 0.717) is 11.5 Å². The summed E-state index contributed by atoms with van der Waals surface area (Å²) in [5.41, 5.74) is 2.89. The van der Waals surface area contributed by atoms with Crippen LogP contribution >= 0.6 is 0 Å². The summed E-state index contributed by atoms with van der Waals surface area (Å²) >= 11 is 0. The molecule has 0 aliphatic carbocycles. The molecular formula is C23H30N2O3. The Hall–Kier alpha value is -2.53. The molecule has 1 aliphatic rings. The van der Waals surface area contributed by atoms with E-state index in [0.717, 1.165) is 23.7 Å². The van der Waals surface area contributed by atoms with Gasteiger partial charge >= 0.3 is 0 Å². The van der Waals surface area contributed by atoms with Crippen molar-refractivity contribution in [2.45, 2.75) is 32.7 Å². The summed E-state index contributed by atoms with van der Waals surface area (Å²) in [7, 11) is 3.21. The van der Waals surface area contributed by atoms with Gasteiger partial charge in [0.2, 0.25) is 5.91 Å². The number of benzene rings is 2. The van der Waals surface area contributed by atoms with Crippen molar-refractivity contribution >= 4 is 11.6 Å². The number of nitrogens with one attached hydrogen (secondary N) is 1. The summed E-state index contributed by atoms with van der Waals surface area (Å²) in [6.45, 7) is 5.64. The number of anilines is 1. The second-order valence-corrected chi connectivity index (χ2v) is 7.56. The Morgan fingerprint density at radius 2 is 1.79 bits per heavy atom. The van der Waals surface area contributed by atoms with Crippen LogP contribution in [0.5, 0.6) is 11.5 Å². The number of piperidine rings is 1. The molecule has 1 N–H and O–H groups in total. The lowest BCUT2D eigenvalue weighted by Crippen LogP contribution is -2.32. The van der Waals surface area contributed by atoms with Crippen LogP contribution in [0.2, 0.25) is 0 Å². The maximum atomic E-state index is 12.5. The van der Waals surface area contributed by atoms with E-state index in [4.69, 9.17) is 9.47 Å². The lowest BCUT2D eigenvalue weighted by molar-refractivity contribution is -0.115. The maximum Gasteiger partial charge on any atom is 0.228 e. The summed E-state index contributed by atoms with van der Waals surface area (Å²) < 4.78 is 10.6. The van der Waals surface area contributed by atoms with E-state index in [2.05, 4.69) is 29.3 Å². The van der Waals surface area contributed by atoms with Crippen molar-refractivity contribution in [3.8, 4) is 11.5 Å². The molecule has 0 saturated carbocycles. The number of carbonyl (C=O) groups excluding carboxylic acids is 1. The third kappa shape index (κ3) is 5.49. The quantitative estimate of drug-likeness (QED) is 0.783. The summed E-state index contributed by atoms with van der Waals surface area (Å²) in [5.74, 6) is 2.16. The van der Waals surface area contributed by atoms with Crippen LogP contribution in [0.15, 0.2) is 42.5 Å². The Bertz CT molecular complexity index is 781. The monoisotopic (exact) mass is 382 g/mol. The van der Waals surface area contributed by atoms with Crippen LogP contribution in [-0.4, -0.2) is 38.1 Å². The molecule has 3 rings (SSSR count). The van der Waals surface area contributed by atoms with Crippen LogP contribution in [0, 0.1) is 5.92 Å². The molecule has 1 saturated heterocycles. The smallest absolute Gasteiger partial charge is 0.228 e. The van der Waals surface area contributed by atoms with Gasteiger partial charge in [0.15, 0.2) is 0 Å². The number of hydrogen-bond acceptors (Lipinski definition) is 4. The molecule has 150 valence electrons. The summed E-state index contributed by atoms with van der Waals surface area (Å²) in [5, 5.41) is 2.97. The fourth-order valence-electron chi connectivity index (χ4n) is 3.57. The molecule has 2 aromatic rings. The first-order valence-corrected chi connectivity index (χ1v) is 9.89. The first kappa shape index (κ1) is 20.2. The van der Waals surface area contributed by atoms with Crippen molar-refractivity contribution in [1.82, 2.24) is 4.90 Å². The second kappa shape index (κ2) is 9.60. The van der Waals surface area contributed by atoms with Gasteiger partial charge in [0.05, 0.1) is 20.6 Å². The molecule has 0 bridgehead atoms. The highest BCUT2D eigenvalue weighted by Gasteiger charge is 2.16. The lowest BCUT2D eigenvalue weighted by atomic mass is 9.99. The van der Waals surface area contributed by atoms with Crippen molar-refractivity contribution < 1.29 is 14.3 Å². The van der Waals surface area contributed by atoms with Crippen molar-refractivity contribution in [2.75, 3.05) is 32.6 Å². The number of hydrogen-bond donors (Lipinski definition) is 1. The minimum absolute atomic E-state index is 0.0793. The van der Waals surface area contributed by atoms with E-state index in [9.17, 15) is 4.79 Å². The molecule has 5 nitrogen and oxygen atoms in total. The highest BCUT2D eigenvalue weighted by molar-refractivity contribution is 5.92. The molecule has 1 fully saturated rings. The van der Waals surface area contributed by atoms with Gasteiger partial charge in [0.1, 0.15) is 11.5 Å². The standard InChI is InChI=1S/C23H30N2O3/c1-17-10-12-25(13-11-17)16-18-4-6-20(7-5-18)24-23(26)15-19-14-21(27-2)8-9-22(19)28-3/h4-9,14,17H,10-13,15-16H2,1-3H3,(H,24,26). The van der Waals surface area contributed by atoms with Crippen LogP contribution < -0.4 is 14.8 Å². The number of amides is 1. The fraction of sp³-hybridized carbons (Fsp3) is 0.435. The normalized spacial score (nSPS) is 15.2. The van der Waals surface area contributed by atoms with Gasteiger partial charge in [-0.05, 0) is 67.7 Å². The van der Waals surface area contributed by atoms with Crippen LogP contribution in [0.25, 0.3) is 0 Å². The van der Waals surface area contributed by atoms with Gasteiger partial charge in [0.25, 0.3) is 0 Å². The number of nitrogens with zero attached hydrogens (tertiary/aromatic N) is 1. The van der Waals surface area contributed by atoms with Gasteiger partial charge in [0, 0.05) is 17.8 Å². The van der Waals surface area contributed by atoms with Gasteiger partial charge in [-0.2, -0.15) is 0 Å². The Kier molecular flexibility index (Phi) is 6.93. The first-order valence-electron chi connectivity index (χ1n) is 9.89. The number of likely N-dealkylation sites (tertiary alicyclic amines) is 1. The van der Waals surface area contributed by atoms with E-state index in [1.165, 1.54) is 31.5 Å². The number of rotatable bonds is 7. The Labute approximate surface area is 167 Å². The van der Waals surface area contributed by atoms with Gasteiger partial charge < -0.3 is 14.8 Å². The molecular weight excluding hydrogens is 352 g/mol. The van der Waals surface area contributed by atoms with Crippen LogP contribution in [-0.2, 0) is 17.8 Å². The zero-order valence-electron chi connectivity index (χ0n) is 17.0. The Morgan fingerprint density at radius 1 is 1.07 bits per heavy atom. The highest BCUT2D eigenvalue weighted by Crippen LogP contribution is 2.25. The minimum atomic E-state index is -0.0793. The summed E-state index contributed by atoms with van der Waals surface area (Å²) in [6, 6.07) is 13.6. The van der Waals surface area contributed by atoms with Crippen molar-refractivity contribution in [3.63, 3.8) is 0 Å². The largest absolute Gasteiger partial charge is 0.497 e. The lowest BCUT2D eigenvalue weighted by Gasteiger charge is -2.30. The number of ether oxygens (including phenoxy) is 2. The molecule has 0 atom stereocenters. The fourth-order valence-corrected chi connectivity index (χ4v) is 3.57. The van der Waals surface area contributed by atoms with Gasteiger partial charge in [-0.15, -0.1) is 0 Å². The van der Waals surface area contributed by atoms with Gasteiger partial charge in [-0.1, -0.05) is 19.1 Å². The predicted octanol–water partition coefficient (Wildman–Crippen LogP) is 4.12. The molecule has 0 radical (unpaired) electrons. The third-order valence-electron chi connectivity index (χ3n) is 5.36. The number of carbonyl (C=O) groups is 1. The van der Waals surface area contributed by atoms with Crippen LogP contribution in [0.3, 0.4) is 0 Å². The summed E-state index contributed by atoms with van der Waals surface area (Å²) in [4.78, 5) is 15.0. The Morgan fingerprint density at radius 3 is 2.43 bits per heavy atom. The maximum absolute atomic E-state index is 12.5. The van der Waals surface area contributed by atoms with E-state index < -0.39 is 0 Å². The zero-order chi connectivity index (χ0) is 19.9. The summed E-state index contributed by atoms with van der Waals surface area (Å²) in [6.07, 6.45) is 2.79. The Balaban J connectivity index is 1.56. The molecule has 5 heteroatoms. The predicted molar refractivity (Wildman–Crippen MR) is 112 cm³/mol. The molecule has 0 aromatic heterocycles. The second-order valence-electron chi connectivity index (χ2n) is 7.56. The van der Waals surface area contributed by atoms with E-state index in [1.807, 2.05) is 30.3 Å². The first-order chi connectivity index (χ1) is 13.6. The van der Waals surface area contributed by atoms with E-state index in [-0.39, 0.29) is 12.3 Å². The molecule has 0 spiro atoms. The molecule has 1 amide bonds. The van der Waals surface area contributed by atoms with Crippen LogP contribution in [0.4, 0.5) is 5.69 Å².